The third-order valence-corrected chi connectivity index (χ3v) is 2.16. The lowest BCUT2D eigenvalue weighted by molar-refractivity contribution is 0.102. The second kappa shape index (κ2) is 4.80. The molecule has 0 saturated heterocycles. The summed E-state index contributed by atoms with van der Waals surface area (Å²) in [4.78, 5) is 19.4. The number of amides is 1. The van der Waals surface area contributed by atoms with Crippen LogP contribution >= 0.6 is 11.6 Å². The second-order valence-electron chi connectivity index (χ2n) is 3.23. The van der Waals surface area contributed by atoms with E-state index in [-0.39, 0.29) is 22.6 Å². The molecule has 2 N–H and O–H groups in total. The molecule has 1 heterocycles. The van der Waals surface area contributed by atoms with Gasteiger partial charge in [0.25, 0.3) is 5.91 Å². The molecule has 5 nitrogen and oxygen atoms in total. The highest BCUT2D eigenvalue weighted by Crippen LogP contribution is 2.12. The number of hydrogen-bond donors (Lipinski definition) is 2. The van der Waals surface area contributed by atoms with E-state index in [1.807, 2.05) is 0 Å². The lowest BCUT2D eigenvalue weighted by Gasteiger charge is -2.04. The summed E-state index contributed by atoms with van der Waals surface area (Å²) in [7, 11) is 0. The molecular weight excluding hydrogens is 242 g/mol. The highest BCUT2D eigenvalue weighted by molar-refractivity contribution is 6.29. The number of anilines is 1. The van der Waals surface area contributed by atoms with Crippen LogP contribution in [-0.4, -0.2) is 21.0 Å². The van der Waals surface area contributed by atoms with Gasteiger partial charge in [-0.3, -0.25) is 9.78 Å². The zero-order valence-electron chi connectivity index (χ0n) is 8.59. The summed E-state index contributed by atoms with van der Waals surface area (Å²) in [5.41, 5.74) is 0.407. The fourth-order valence-corrected chi connectivity index (χ4v) is 1.35. The number of carbonyl (C=O) groups is 1. The molecule has 17 heavy (non-hydrogen) atoms. The van der Waals surface area contributed by atoms with Crippen molar-refractivity contribution < 1.29 is 9.90 Å². The van der Waals surface area contributed by atoms with Crippen molar-refractivity contribution >= 4 is 23.3 Å². The van der Waals surface area contributed by atoms with Crippen LogP contribution in [0, 0.1) is 0 Å². The maximum atomic E-state index is 11.7. The molecule has 0 unspecified atom stereocenters. The molecule has 0 saturated carbocycles. The van der Waals surface area contributed by atoms with Crippen LogP contribution in [0.4, 0.5) is 5.82 Å². The van der Waals surface area contributed by atoms with Crippen molar-refractivity contribution in [2.45, 2.75) is 0 Å². The van der Waals surface area contributed by atoms with Crippen LogP contribution in [0.5, 0.6) is 5.75 Å². The first-order chi connectivity index (χ1) is 8.15. The monoisotopic (exact) mass is 249 g/mol. The fraction of sp³-hybridized carbons (Fsp3) is 0. The van der Waals surface area contributed by atoms with E-state index in [0.717, 1.165) is 0 Å². The summed E-state index contributed by atoms with van der Waals surface area (Å²) < 4.78 is 0. The molecule has 0 aliphatic heterocycles. The highest BCUT2D eigenvalue weighted by atomic mass is 35.5. The molecule has 1 aromatic carbocycles. The van der Waals surface area contributed by atoms with Gasteiger partial charge in [0.05, 0.1) is 12.4 Å². The van der Waals surface area contributed by atoms with E-state index in [1.54, 1.807) is 0 Å². The Morgan fingerprint density at radius 3 is 2.59 bits per heavy atom. The molecule has 6 heteroatoms. The van der Waals surface area contributed by atoms with Crippen LogP contribution in [0.15, 0.2) is 36.7 Å². The number of aromatic nitrogens is 2. The van der Waals surface area contributed by atoms with E-state index < -0.39 is 0 Å². The number of carbonyl (C=O) groups excluding carboxylic acids is 1. The number of halogens is 1. The van der Waals surface area contributed by atoms with Gasteiger partial charge >= 0.3 is 0 Å². The first kappa shape index (κ1) is 11.3. The predicted octanol–water partition coefficient (Wildman–Crippen LogP) is 2.09. The van der Waals surface area contributed by atoms with Gasteiger partial charge < -0.3 is 10.4 Å². The SMILES string of the molecule is O=C(Nc1cncc(Cl)n1)c1ccc(O)cc1. The number of benzene rings is 1. The van der Waals surface area contributed by atoms with E-state index in [0.29, 0.717) is 5.56 Å². The van der Waals surface area contributed by atoms with Crippen molar-refractivity contribution in [1.82, 2.24) is 9.97 Å². The number of aromatic hydroxyl groups is 1. The fourth-order valence-electron chi connectivity index (χ4n) is 1.20. The maximum Gasteiger partial charge on any atom is 0.256 e. The molecule has 1 aromatic heterocycles. The largest absolute Gasteiger partial charge is 0.508 e. The lowest BCUT2D eigenvalue weighted by atomic mass is 10.2. The minimum Gasteiger partial charge on any atom is -0.508 e. The molecule has 86 valence electrons. The molecule has 0 radical (unpaired) electrons. The quantitative estimate of drug-likeness (QED) is 0.855. The Hall–Kier alpha value is -2.14. The van der Waals surface area contributed by atoms with E-state index >= 15 is 0 Å². The van der Waals surface area contributed by atoms with E-state index in [2.05, 4.69) is 15.3 Å². The number of phenolic OH excluding ortho intramolecular Hbond substituents is 1. The molecule has 2 aromatic rings. The summed E-state index contributed by atoms with van der Waals surface area (Å²) in [6.07, 6.45) is 2.77. The van der Waals surface area contributed by atoms with Crippen LogP contribution in [0.3, 0.4) is 0 Å². The molecule has 0 spiro atoms. The molecule has 0 aliphatic carbocycles. The molecule has 0 fully saturated rings. The third kappa shape index (κ3) is 2.92. The van der Waals surface area contributed by atoms with E-state index in [1.165, 1.54) is 36.7 Å². The van der Waals surface area contributed by atoms with E-state index in [4.69, 9.17) is 16.7 Å². The standard InChI is InChI=1S/C11H8ClN3O2/c12-9-5-13-6-10(14-9)15-11(17)7-1-3-8(16)4-2-7/h1-6,16H,(H,14,15,17). The van der Waals surface area contributed by atoms with Crippen LogP contribution in [0.1, 0.15) is 10.4 Å². The van der Waals surface area contributed by atoms with Gasteiger partial charge in [-0.25, -0.2) is 4.98 Å². The molecule has 0 atom stereocenters. The van der Waals surface area contributed by atoms with Crippen molar-refractivity contribution in [2.75, 3.05) is 5.32 Å². The van der Waals surface area contributed by atoms with Crippen LogP contribution in [0.2, 0.25) is 5.15 Å². The first-order valence-electron chi connectivity index (χ1n) is 4.73. The Kier molecular flexibility index (Phi) is 3.20. The Bertz CT molecular complexity index is 543. The first-order valence-corrected chi connectivity index (χ1v) is 5.11. The zero-order chi connectivity index (χ0) is 12.3. The second-order valence-corrected chi connectivity index (χ2v) is 3.62. The van der Waals surface area contributed by atoms with Crippen LogP contribution < -0.4 is 5.32 Å². The van der Waals surface area contributed by atoms with Crippen molar-refractivity contribution in [3.8, 4) is 5.75 Å². The van der Waals surface area contributed by atoms with Crippen molar-refractivity contribution in [3.05, 3.63) is 47.4 Å². The van der Waals surface area contributed by atoms with Gasteiger partial charge in [0.15, 0.2) is 5.82 Å². The third-order valence-electron chi connectivity index (χ3n) is 1.98. The van der Waals surface area contributed by atoms with Gasteiger partial charge in [-0.15, -0.1) is 0 Å². The average molecular weight is 250 g/mol. The van der Waals surface area contributed by atoms with Gasteiger partial charge in [-0.1, -0.05) is 11.6 Å². The van der Waals surface area contributed by atoms with Gasteiger partial charge in [0, 0.05) is 5.56 Å². The minimum atomic E-state index is -0.346. The Labute approximate surface area is 102 Å². The molecule has 0 aliphatic rings. The summed E-state index contributed by atoms with van der Waals surface area (Å²) in [6.45, 7) is 0. The van der Waals surface area contributed by atoms with Crippen LogP contribution in [0.25, 0.3) is 0 Å². The Morgan fingerprint density at radius 1 is 1.24 bits per heavy atom. The molecular formula is C11H8ClN3O2. The zero-order valence-corrected chi connectivity index (χ0v) is 9.35. The topological polar surface area (TPSA) is 75.1 Å². The van der Waals surface area contributed by atoms with Gasteiger partial charge in [0.2, 0.25) is 0 Å². The smallest absolute Gasteiger partial charge is 0.256 e. The summed E-state index contributed by atoms with van der Waals surface area (Å²) >= 11 is 5.64. The maximum absolute atomic E-state index is 11.7. The summed E-state index contributed by atoms with van der Waals surface area (Å²) in [5, 5.41) is 11.8. The Balaban J connectivity index is 2.14. The number of phenols is 1. The summed E-state index contributed by atoms with van der Waals surface area (Å²) in [6, 6.07) is 5.86. The van der Waals surface area contributed by atoms with Gasteiger partial charge in [-0.2, -0.15) is 0 Å². The van der Waals surface area contributed by atoms with Gasteiger partial charge in [0.1, 0.15) is 10.9 Å². The lowest BCUT2D eigenvalue weighted by Crippen LogP contribution is -2.12. The summed E-state index contributed by atoms with van der Waals surface area (Å²) in [5.74, 6) is 0.0289. The molecule has 2 rings (SSSR count). The highest BCUT2D eigenvalue weighted by Gasteiger charge is 2.07. The van der Waals surface area contributed by atoms with E-state index in [9.17, 15) is 4.79 Å². The number of hydrogen-bond acceptors (Lipinski definition) is 4. The van der Waals surface area contributed by atoms with Crippen LogP contribution in [-0.2, 0) is 0 Å². The minimum absolute atomic E-state index is 0.101. The predicted molar refractivity (Wildman–Crippen MR) is 63.1 cm³/mol. The van der Waals surface area contributed by atoms with Crippen molar-refractivity contribution in [2.24, 2.45) is 0 Å². The van der Waals surface area contributed by atoms with Crippen molar-refractivity contribution in [3.63, 3.8) is 0 Å². The number of rotatable bonds is 2. The van der Waals surface area contributed by atoms with Gasteiger partial charge in [-0.05, 0) is 24.3 Å². The molecule has 1 amide bonds. The van der Waals surface area contributed by atoms with Crippen molar-refractivity contribution in [1.29, 1.82) is 0 Å². The normalized spacial score (nSPS) is 9.94. The number of nitrogens with one attached hydrogen (secondary N) is 1. The molecule has 0 bridgehead atoms. The Morgan fingerprint density at radius 2 is 1.94 bits per heavy atom. The average Bonchev–Trinajstić information content (AvgIpc) is 2.29. The number of nitrogens with zero attached hydrogens (tertiary/aromatic N) is 2.